The molecule has 0 saturated heterocycles. The number of carboxylic acid groups (broad SMARTS) is 1. The molecule has 2 aromatic carbocycles. The number of aryl methyl sites for hydroxylation is 3. The van der Waals surface area contributed by atoms with E-state index in [2.05, 4.69) is 30.1 Å². The second-order valence-corrected chi connectivity index (χ2v) is 8.35. The van der Waals surface area contributed by atoms with Crippen molar-refractivity contribution in [3.05, 3.63) is 70.6 Å². The molecule has 1 aliphatic rings. The van der Waals surface area contributed by atoms with E-state index in [1.807, 2.05) is 38.1 Å². The second-order valence-electron chi connectivity index (χ2n) is 8.35. The van der Waals surface area contributed by atoms with Crippen LogP contribution in [0, 0.1) is 19.8 Å². The van der Waals surface area contributed by atoms with Crippen molar-refractivity contribution in [1.82, 2.24) is 4.98 Å². The van der Waals surface area contributed by atoms with Gasteiger partial charge < -0.3 is 14.3 Å². The first-order valence-electron chi connectivity index (χ1n) is 11.0. The molecule has 0 bridgehead atoms. The van der Waals surface area contributed by atoms with Gasteiger partial charge in [0.25, 0.3) is 0 Å². The van der Waals surface area contributed by atoms with Gasteiger partial charge in [0.15, 0.2) is 0 Å². The lowest BCUT2D eigenvalue weighted by Crippen LogP contribution is -2.19. The fraction of sp³-hybridized carbons (Fsp3) is 0.385. The van der Waals surface area contributed by atoms with Crippen LogP contribution in [0.15, 0.2) is 46.9 Å². The molecule has 0 saturated carbocycles. The summed E-state index contributed by atoms with van der Waals surface area (Å²) >= 11 is 0. The van der Waals surface area contributed by atoms with E-state index in [0.717, 1.165) is 41.2 Å². The Balaban J connectivity index is 1.39. The van der Waals surface area contributed by atoms with Gasteiger partial charge in [-0.1, -0.05) is 30.7 Å². The molecule has 1 aromatic heterocycles. The van der Waals surface area contributed by atoms with Crippen LogP contribution in [0.5, 0.6) is 5.75 Å². The van der Waals surface area contributed by atoms with Gasteiger partial charge in [-0.05, 0) is 74.4 Å². The fourth-order valence-electron chi connectivity index (χ4n) is 4.59. The third-order valence-electron chi connectivity index (χ3n) is 6.25. The molecule has 2 atom stereocenters. The van der Waals surface area contributed by atoms with Gasteiger partial charge in [-0.3, -0.25) is 4.79 Å². The van der Waals surface area contributed by atoms with Crippen molar-refractivity contribution in [3.8, 4) is 17.2 Å². The molecule has 5 nitrogen and oxygen atoms in total. The summed E-state index contributed by atoms with van der Waals surface area (Å²) in [4.78, 5) is 16.2. The molecule has 3 aromatic rings. The molecule has 2 unspecified atom stereocenters. The van der Waals surface area contributed by atoms with E-state index in [1.165, 1.54) is 11.1 Å². The second kappa shape index (κ2) is 8.96. The zero-order chi connectivity index (χ0) is 22.0. The van der Waals surface area contributed by atoms with Crippen LogP contribution in [-0.2, 0) is 17.6 Å². The number of aliphatic carboxylic acids is 1. The molecule has 1 N–H and O–H groups in total. The molecule has 0 fully saturated rings. The van der Waals surface area contributed by atoms with Crippen LogP contribution in [0.3, 0.4) is 0 Å². The maximum absolute atomic E-state index is 11.6. The highest BCUT2D eigenvalue weighted by atomic mass is 16.5. The number of carboxylic acids is 1. The van der Waals surface area contributed by atoms with Gasteiger partial charge in [-0.25, -0.2) is 4.98 Å². The summed E-state index contributed by atoms with van der Waals surface area (Å²) in [5, 5.41) is 9.51. The maximum Gasteiger partial charge on any atom is 0.307 e. The summed E-state index contributed by atoms with van der Waals surface area (Å²) in [6, 6.07) is 14.2. The molecule has 5 heteroatoms. The quantitative estimate of drug-likeness (QED) is 0.505. The zero-order valence-corrected chi connectivity index (χ0v) is 18.4. The zero-order valence-electron chi connectivity index (χ0n) is 18.4. The highest BCUT2D eigenvalue weighted by Crippen LogP contribution is 2.41. The van der Waals surface area contributed by atoms with E-state index in [4.69, 9.17) is 9.15 Å². The number of oxazole rings is 1. The maximum atomic E-state index is 11.6. The number of benzene rings is 2. The Labute approximate surface area is 183 Å². The third kappa shape index (κ3) is 4.50. The average molecular weight is 420 g/mol. The van der Waals surface area contributed by atoms with Crippen LogP contribution < -0.4 is 4.74 Å². The third-order valence-corrected chi connectivity index (χ3v) is 6.25. The standard InChI is InChI=1S/C26H29NO4/c1-4-21(26(28)29)23-10-8-18-15-20(9-11-22(18)23)30-13-12-24-17(3)31-25(27-24)19-7-5-6-16(2)14-19/h5-7,9,11,14-15,21,23H,4,8,10,12-13H2,1-3H3,(H,28,29). The summed E-state index contributed by atoms with van der Waals surface area (Å²) in [5.74, 6) is 1.37. The highest BCUT2D eigenvalue weighted by molar-refractivity contribution is 5.72. The van der Waals surface area contributed by atoms with E-state index < -0.39 is 5.97 Å². The molecule has 31 heavy (non-hydrogen) atoms. The summed E-state index contributed by atoms with van der Waals surface area (Å²) < 4.78 is 11.9. The van der Waals surface area contributed by atoms with Crippen molar-refractivity contribution in [2.75, 3.05) is 6.61 Å². The minimum Gasteiger partial charge on any atom is -0.493 e. The number of ether oxygens (including phenoxy) is 1. The number of fused-ring (bicyclic) bond motifs is 1. The number of aromatic nitrogens is 1. The van der Waals surface area contributed by atoms with E-state index >= 15 is 0 Å². The Bertz CT molecular complexity index is 1080. The van der Waals surface area contributed by atoms with Gasteiger partial charge >= 0.3 is 5.97 Å². The molecule has 1 aliphatic carbocycles. The highest BCUT2D eigenvalue weighted by Gasteiger charge is 2.33. The molecule has 0 amide bonds. The number of hydrogen-bond donors (Lipinski definition) is 1. The van der Waals surface area contributed by atoms with Crippen LogP contribution in [0.25, 0.3) is 11.5 Å². The lowest BCUT2D eigenvalue weighted by atomic mass is 9.85. The molecule has 1 heterocycles. The SMILES string of the molecule is CCC(C(=O)O)C1CCc2cc(OCCc3nc(-c4cccc(C)c4)oc3C)ccc21. The van der Waals surface area contributed by atoms with Gasteiger partial charge in [0.05, 0.1) is 18.2 Å². The predicted octanol–water partition coefficient (Wildman–Crippen LogP) is 5.72. The summed E-state index contributed by atoms with van der Waals surface area (Å²) in [6.45, 7) is 6.45. The van der Waals surface area contributed by atoms with Gasteiger partial charge in [0, 0.05) is 12.0 Å². The number of carbonyl (C=O) groups is 1. The van der Waals surface area contributed by atoms with Crippen molar-refractivity contribution in [1.29, 1.82) is 0 Å². The van der Waals surface area contributed by atoms with Crippen LogP contribution in [0.2, 0.25) is 0 Å². The van der Waals surface area contributed by atoms with Gasteiger partial charge in [-0.2, -0.15) is 0 Å². The normalized spacial score (nSPS) is 16.2. The summed E-state index contributed by atoms with van der Waals surface area (Å²) in [7, 11) is 0. The van der Waals surface area contributed by atoms with Gasteiger partial charge in [0.1, 0.15) is 11.5 Å². The number of rotatable bonds is 8. The van der Waals surface area contributed by atoms with E-state index in [-0.39, 0.29) is 11.8 Å². The molecule has 4 rings (SSSR count). The van der Waals surface area contributed by atoms with Crippen LogP contribution in [0.1, 0.15) is 53.8 Å². The van der Waals surface area contributed by atoms with Crippen LogP contribution >= 0.6 is 0 Å². The van der Waals surface area contributed by atoms with E-state index in [9.17, 15) is 9.90 Å². The molecular formula is C26H29NO4. The number of nitrogens with zero attached hydrogens (tertiary/aromatic N) is 1. The topological polar surface area (TPSA) is 72.6 Å². The molecular weight excluding hydrogens is 390 g/mol. The van der Waals surface area contributed by atoms with E-state index in [0.29, 0.717) is 25.3 Å². The Morgan fingerprint density at radius 2 is 2.10 bits per heavy atom. The largest absolute Gasteiger partial charge is 0.493 e. The minimum atomic E-state index is -0.700. The average Bonchev–Trinajstić information content (AvgIpc) is 3.32. The van der Waals surface area contributed by atoms with Crippen LogP contribution in [0.4, 0.5) is 0 Å². The molecule has 0 radical (unpaired) electrons. The summed E-state index contributed by atoms with van der Waals surface area (Å²) in [5.41, 5.74) is 5.43. The first-order valence-corrected chi connectivity index (χ1v) is 11.0. The predicted molar refractivity (Wildman–Crippen MR) is 120 cm³/mol. The Morgan fingerprint density at radius 1 is 1.26 bits per heavy atom. The van der Waals surface area contributed by atoms with Crippen LogP contribution in [-0.4, -0.2) is 22.7 Å². The van der Waals surface area contributed by atoms with Gasteiger partial charge in [0.2, 0.25) is 5.89 Å². The lowest BCUT2D eigenvalue weighted by Gasteiger charge is -2.19. The van der Waals surface area contributed by atoms with Crippen molar-refractivity contribution in [3.63, 3.8) is 0 Å². The smallest absolute Gasteiger partial charge is 0.307 e. The summed E-state index contributed by atoms with van der Waals surface area (Å²) in [6.07, 6.45) is 3.11. The lowest BCUT2D eigenvalue weighted by molar-refractivity contribution is -0.142. The minimum absolute atomic E-state index is 0.101. The molecule has 0 spiro atoms. The first kappa shape index (κ1) is 21.2. The first-order chi connectivity index (χ1) is 15.0. The van der Waals surface area contributed by atoms with Crippen molar-refractivity contribution in [2.45, 2.75) is 52.4 Å². The molecule has 162 valence electrons. The Hall–Kier alpha value is -3.08. The number of hydrogen-bond acceptors (Lipinski definition) is 4. The fourth-order valence-corrected chi connectivity index (χ4v) is 4.59. The van der Waals surface area contributed by atoms with Crippen molar-refractivity contribution >= 4 is 5.97 Å². The van der Waals surface area contributed by atoms with Gasteiger partial charge in [-0.15, -0.1) is 0 Å². The van der Waals surface area contributed by atoms with E-state index in [1.54, 1.807) is 0 Å². The van der Waals surface area contributed by atoms with Crippen molar-refractivity contribution < 1.29 is 19.1 Å². The molecule has 0 aliphatic heterocycles. The monoisotopic (exact) mass is 419 g/mol. The Kier molecular flexibility index (Phi) is 6.12. The Morgan fingerprint density at radius 3 is 2.84 bits per heavy atom. The van der Waals surface area contributed by atoms with Crippen molar-refractivity contribution in [2.24, 2.45) is 5.92 Å².